The molecule has 17 heteroatoms. The second-order valence-corrected chi connectivity index (χ2v) is 13.8. The number of H-pyrrole nitrogens is 1. The van der Waals surface area contributed by atoms with Crippen molar-refractivity contribution in [1.29, 1.82) is 0 Å². The van der Waals surface area contributed by atoms with E-state index in [2.05, 4.69) is 10.1 Å². The fraction of sp³-hybridized carbons (Fsp3) is 0.720. The Morgan fingerprint density at radius 2 is 1.86 bits per heavy atom. The van der Waals surface area contributed by atoms with Crippen LogP contribution in [0.15, 0.2) is 21.9 Å². The highest BCUT2D eigenvalue weighted by molar-refractivity contribution is 8.13. The topological polar surface area (TPSA) is 207 Å². The molecule has 0 radical (unpaired) electrons. The molecule has 0 aromatic carbocycles. The first-order valence-electron chi connectivity index (χ1n) is 13.3. The molecule has 1 aliphatic rings. The standard InChI is InChI=1S/C25H41N4O11PS/c1-14(2)39-22(32)15(3)28-41(35,37-10-11-42-23(33)25(5,6)7)38-13-18-17(12-36-16(4)30)20(26)21(40-18)29-9-8-19(31)27-24(29)34/h8-9,14-15,17-18,20-21H,10-13,26H2,1-7H3,(H,28,35)(H,27,31,34)/t15-,17+,18+,20+,21+,41-/m0/s1. The average molecular weight is 637 g/mol. The molecule has 0 aliphatic carbocycles. The van der Waals surface area contributed by atoms with Crippen LogP contribution in [0.4, 0.5) is 0 Å². The summed E-state index contributed by atoms with van der Waals surface area (Å²) in [6.45, 7) is 10.5. The molecule has 2 heterocycles. The second-order valence-electron chi connectivity index (χ2n) is 11.0. The van der Waals surface area contributed by atoms with Gasteiger partial charge in [0.15, 0.2) is 11.3 Å². The van der Waals surface area contributed by atoms with E-state index in [4.69, 9.17) is 29.0 Å². The van der Waals surface area contributed by atoms with Gasteiger partial charge in [0, 0.05) is 36.3 Å². The molecule has 238 valence electrons. The fourth-order valence-electron chi connectivity index (χ4n) is 3.72. The Kier molecular flexibility index (Phi) is 13.2. The van der Waals surface area contributed by atoms with Crippen molar-refractivity contribution in [2.45, 2.75) is 79.0 Å². The van der Waals surface area contributed by atoms with Gasteiger partial charge in [-0.3, -0.25) is 37.8 Å². The zero-order chi connectivity index (χ0) is 31.8. The third-order valence-corrected chi connectivity index (χ3v) is 8.84. The Morgan fingerprint density at radius 3 is 2.43 bits per heavy atom. The van der Waals surface area contributed by atoms with E-state index in [9.17, 15) is 28.5 Å². The second kappa shape index (κ2) is 15.4. The quantitative estimate of drug-likeness (QED) is 0.150. The minimum absolute atomic E-state index is 0.0890. The van der Waals surface area contributed by atoms with Crippen LogP contribution in [0.1, 0.15) is 54.7 Å². The lowest BCUT2D eigenvalue weighted by Crippen LogP contribution is -2.42. The molecule has 6 atom stereocenters. The molecule has 1 fully saturated rings. The highest BCUT2D eigenvalue weighted by atomic mass is 32.2. The van der Waals surface area contributed by atoms with Gasteiger partial charge in [0.1, 0.15) is 6.04 Å². The lowest BCUT2D eigenvalue weighted by atomic mass is 9.97. The number of esters is 2. The number of thioether (sulfide) groups is 1. The van der Waals surface area contributed by atoms with Crippen LogP contribution in [0.2, 0.25) is 0 Å². The van der Waals surface area contributed by atoms with Gasteiger partial charge in [0.25, 0.3) is 5.56 Å². The molecule has 1 aromatic heterocycles. The molecule has 0 spiro atoms. The number of carbonyl (C=O) groups excluding carboxylic acids is 3. The summed E-state index contributed by atoms with van der Waals surface area (Å²) in [5, 5.41) is 2.46. The summed E-state index contributed by atoms with van der Waals surface area (Å²) in [5.74, 6) is -1.84. The Labute approximate surface area is 248 Å². The first kappa shape index (κ1) is 35.9. The van der Waals surface area contributed by atoms with E-state index in [0.29, 0.717) is 0 Å². The van der Waals surface area contributed by atoms with Gasteiger partial charge in [-0.2, -0.15) is 0 Å². The summed E-state index contributed by atoms with van der Waals surface area (Å²) in [6, 6.07) is -0.887. The maximum Gasteiger partial charge on any atom is 0.406 e. The predicted molar refractivity (Wildman–Crippen MR) is 154 cm³/mol. The van der Waals surface area contributed by atoms with Crippen molar-refractivity contribution in [3.05, 3.63) is 33.1 Å². The maximum atomic E-state index is 13.8. The first-order chi connectivity index (χ1) is 19.4. The van der Waals surface area contributed by atoms with Crippen molar-refractivity contribution in [3.63, 3.8) is 0 Å². The van der Waals surface area contributed by atoms with E-state index in [0.717, 1.165) is 22.4 Å². The third-order valence-electron chi connectivity index (χ3n) is 5.88. The smallest absolute Gasteiger partial charge is 0.406 e. The maximum absolute atomic E-state index is 13.8. The van der Waals surface area contributed by atoms with Crippen molar-refractivity contribution in [2.75, 3.05) is 25.6 Å². The molecule has 15 nitrogen and oxygen atoms in total. The highest BCUT2D eigenvalue weighted by Gasteiger charge is 2.46. The van der Waals surface area contributed by atoms with Crippen LogP contribution in [0, 0.1) is 11.3 Å². The van der Waals surface area contributed by atoms with Crippen LogP contribution in [0.25, 0.3) is 0 Å². The lowest BCUT2D eigenvalue weighted by Gasteiger charge is -2.26. The molecular weight excluding hydrogens is 595 g/mol. The van der Waals surface area contributed by atoms with Gasteiger partial charge >= 0.3 is 25.4 Å². The Morgan fingerprint density at radius 1 is 1.19 bits per heavy atom. The van der Waals surface area contributed by atoms with E-state index in [1.807, 2.05) is 0 Å². The predicted octanol–water partition coefficient (Wildman–Crippen LogP) is 1.32. The van der Waals surface area contributed by atoms with Gasteiger partial charge in [-0.1, -0.05) is 32.5 Å². The zero-order valence-corrected chi connectivity index (χ0v) is 26.5. The molecular formula is C25H41N4O11PS. The van der Waals surface area contributed by atoms with Crippen molar-refractivity contribution >= 4 is 36.6 Å². The molecule has 4 N–H and O–H groups in total. The van der Waals surface area contributed by atoms with Crippen molar-refractivity contribution < 1.29 is 42.2 Å². The van der Waals surface area contributed by atoms with Crippen LogP contribution in [0.3, 0.4) is 0 Å². The number of nitrogens with zero attached hydrogens (tertiary/aromatic N) is 1. The van der Waals surface area contributed by atoms with Crippen LogP contribution < -0.4 is 22.1 Å². The molecule has 2 rings (SSSR count). The van der Waals surface area contributed by atoms with E-state index in [-0.39, 0.29) is 24.1 Å². The lowest BCUT2D eigenvalue weighted by molar-refractivity contribution is -0.149. The number of nitrogens with one attached hydrogen (secondary N) is 2. The largest absolute Gasteiger partial charge is 0.465 e. The SMILES string of the molecule is CC(=O)OC[C@H]1[C@@H](N)[C@H](n2ccc(=O)[nH]c2=O)O[C@@H]1CO[P@](=O)(N[C@@H](C)C(=O)OC(C)C)OCCSC(=O)C(C)(C)C. The minimum Gasteiger partial charge on any atom is -0.465 e. The summed E-state index contributed by atoms with van der Waals surface area (Å²) in [7, 11) is -4.24. The van der Waals surface area contributed by atoms with Crippen molar-refractivity contribution in [3.8, 4) is 0 Å². The Balaban J connectivity index is 2.24. The molecule has 1 aromatic rings. The number of nitrogens with two attached hydrogens (primary N) is 1. The normalized spacial score (nSPS) is 22.9. The summed E-state index contributed by atoms with van der Waals surface area (Å²) in [6.07, 6.45) is -1.26. The van der Waals surface area contributed by atoms with Crippen LogP contribution in [0.5, 0.6) is 0 Å². The summed E-state index contributed by atoms with van der Waals surface area (Å²) < 4.78 is 42.4. The molecule has 0 saturated carbocycles. The molecule has 0 unspecified atom stereocenters. The number of rotatable bonds is 14. The van der Waals surface area contributed by atoms with Crippen LogP contribution in [-0.2, 0) is 42.2 Å². The Bertz CT molecular complexity index is 1260. The van der Waals surface area contributed by atoms with Crippen molar-refractivity contribution in [2.24, 2.45) is 17.1 Å². The summed E-state index contributed by atoms with van der Waals surface area (Å²) in [4.78, 5) is 62.2. The number of ether oxygens (including phenoxy) is 3. The highest BCUT2D eigenvalue weighted by Crippen LogP contribution is 2.46. The molecule has 1 saturated heterocycles. The number of hydrogen-bond acceptors (Lipinski definition) is 13. The van der Waals surface area contributed by atoms with E-state index in [1.54, 1.807) is 34.6 Å². The number of aromatic amines is 1. The minimum atomic E-state index is -4.24. The average Bonchev–Trinajstić information content (AvgIpc) is 3.17. The fourth-order valence-corrected chi connectivity index (χ4v) is 6.11. The molecule has 0 amide bonds. The summed E-state index contributed by atoms with van der Waals surface area (Å²) in [5.41, 5.74) is 4.40. The van der Waals surface area contributed by atoms with E-state index >= 15 is 0 Å². The number of carbonyl (C=O) groups is 3. The molecule has 1 aliphatic heterocycles. The summed E-state index contributed by atoms with van der Waals surface area (Å²) >= 11 is 1.00. The first-order valence-corrected chi connectivity index (χ1v) is 15.9. The van der Waals surface area contributed by atoms with E-state index in [1.165, 1.54) is 20.0 Å². The number of aromatic nitrogens is 2. The molecule has 42 heavy (non-hydrogen) atoms. The monoisotopic (exact) mass is 636 g/mol. The van der Waals surface area contributed by atoms with Gasteiger partial charge in [0.05, 0.1) is 38.1 Å². The number of hydrogen-bond donors (Lipinski definition) is 3. The van der Waals surface area contributed by atoms with Crippen LogP contribution in [-0.4, -0.2) is 76.5 Å². The van der Waals surface area contributed by atoms with Crippen LogP contribution >= 0.6 is 19.5 Å². The Hall–Kier alpha value is -2.33. The van der Waals surface area contributed by atoms with Gasteiger partial charge in [-0.15, -0.1) is 0 Å². The van der Waals surface area contributed by atoms with Crippen molar-refractivity contribution in [1.82, 2.24) is 14.6 Å². The zero-order valence-electron chi connectivity index (χ0n) is 24.8. The molecule has 0 bridgehead atoms. The van der Waals surface area contributed by atoms with E-state index < -0.39 is 79.4 Å². The van der Waals surface area contributed by atoms with Gasteiger partial charge in [0.2, 0.25) is 0 Å². The van der Waals surface area contributed by atoms with Gasteiger partial charge in [-0.25, -0.2) is 14.4 Å². The third kappa shape index (κ3) is 10.7. The van der Waals surface area contributed by atoms with Gasteiger partial charge < -0.3 is 19.9 Å². The van der Waals surface area contributed by atoms with Gasteiger partial charge in [-0.05, 0) is 20.8 Å².